The smallest absolute Gasteiger partial charge is 0.407 e. The number of nitrogens with zero attached hydrogens (tertiary/aromatic N) is 1. The molecule has 9 nitrogen and oxygen atoms in total. The third kappa shape index (κ3) is 8.30. The molecule has 0 radical (unpaired) electrons. The first-order valence-electron chi connectivity index (χ1n) is 13.0. The first-order chi connectivity index (χ1) is 18.9. The molecule has 2 amide bonds. The van der Waals surface area contributed by atoms with Gasteiger partial charge in [0.2, 0.25) is 10.0 Å². The zero-order valence-electron chi connectivity index (χ0n) is 23.1. The standard InChI is InChI=1S/C30H36N2O7S/c1-20(2)39-28-18-25(14-15-26(28)29(34)31-40(37,38)21(3)4)23-12-10-22(11-13-23)16-17-32(30(35)36)19-27(33)24-8-6-5-7-9-24/h5-15,18,20-21,27,33H,16-17,19H2,1-4H3,(H,31,34)(H,35,36)/t27-/m0/s1. The lowest BCUT2D eigenvalue weighted by molar-refractivity contribution is 0.0970. The van der Waals surface area contributed by atoms with Crippen LogP contribution < -0.4 is 9.46 Å². The van der Waals surface area contributed by atoms with Crippen molar-refractivity contribution in [1.29, 1.82) is 0 Å². The van der Waals surface area contributed by atoms with Crippen LogP contribution >= 0.6 is 0 Å². The molecule has 0 spiro atoms. The summed E-state index contributed by atoms with van der Waals surface area (Å²) < 4.78 is 32.3. The van der Waals surface area contributed by atoms with E-state index in [0.29, 0.717) is 12.0 Å². The van der Waals surface area contributed by atoms with Crippen molar-refractivity contribution < 1.29 is 33.0 Å². The van der Waals surface area contributed by atoms with Crippen LogP contribution in [0.5, 0.6) is 5.75 Å². The molecule has 0 aromatic heterocycles. The number of ether oxygens (including phenoxy) is 1. The molecule has 1 atom stereocenters. The Bertz CT molecular complexity index is 1410. The summed E-state index contributed by atoms with van der Waals surface area (Å²) in [7, 11) is -3.81. The summed E-state index contributed by atoms with van der Waals surface area (Å²) in [4.78, 5) is 25.7. The maximum atomic E-state index is 12.8. The summed E-state index contributed by atoms with van der Waals surface area (Å²) in [6.45, 7) is 6.78. The number of nitrogens with one attached hydrogen (secondary N) is 1. The van der Waals surface area contributed by atoms with Gasteiger partial charge < -0.3 is 19.8 Å². The number of carbonyl (C=O) groups excluding carboxylic acids is 1. The summed E-state index contributed by atoms with van der Waals surface area (Å²) in [5, 5.41) is 19.3. The molecule has 3 aromatic carbocycles. The maximum Gasteiger partial charge on any atom is 0.407 e. The number of benzene rings is 3. The van der Waals surface area contributed by atoms with E-state index in [9.17, 15) is 28.2 Å². The van der Waals surface area contributed by atoms with Crippen molar-refractivity contribution in [2.45, 2.75) is 51.6 Å². The molecule has 214 valence electrons. The Balaban J connectivity index is 1.73. The van der Waals surface area contributed by atoms with E-state index in [1.807, 2.05) is 44.2 Å². The fourth-order valence-electron chi connectivity index (χ4n) is 3.93. The highest BCUT2D eigenvalue weighted by Crippen LogP contribution is 2.29. The van der Waals surface area contributed by atoms with Crippen molar-refractivity contribution in [3.63, 3.8) is 0 Å². The Morgan fingerprint density at radius 3 is 2.12 bits per heavy atom. The second-order valence-electron chi connectivity index (χ2n) is 10.0. The fourth-order valence-corrected chi connectivity index (χ4v) is 4.53. The normalized spacial score (nSPS) is 12.3. The average molecular weight is 569 g/mol. The Morgan fingerprint density at radius 1 is 0.925 bits per heavy atom. The lowest BCUT2D eigenvalue weighted by Crippen LogP contribution is -2.36. The minimum absolute atomic E-state index is 0.0333. The van der Waals surface area contributed by atoms with Crippen LogP contribution in [0.1, 0.15) is 55.3 Å². The Morgan fingerprint density at radius 2 is 1.55 bits per heavy atom. The summed E-state index contributed by atoms with van der Waals surface area (Å²) in [5.74, 6) is -0.492. The van der Waals surface area contributed by atoms with E-state index < -0.39 is 33.4 Å². The minimum Gasteiger partial charge on any atom is -0.490 e. The second kappa shape index (κ2) is 13.5. The van der Waals surface area contributed by atoms with E-state index in [2.05, 4.69) is 4.72 Å². The van der Waals surface area contributed by atoms with Gasteiger partial charge >= 0.3 is 6.09 Å². The molecule has 3 aromatic rings. The van der Waals surface area contributed by atoms with Crippen LogP contribution in [0.25, 0.3) is 11.1 Å². The van der Waals surface area contributed by atoms with Gasteiger partial charge in [0.15, 0.2) is 0 Å². The summed E-state index contributed by atoms with van der Waals surface area (Å²) in [6.07, 6.45) is -1.81. The number of aliphatic hydroxyl groups excluding tert-OH is 1. The van der Waals surface area contributed by atoms with Crippen molar-refractivity contribution in [2.24, 2.45) is 0 Å². The molecule has 0 saturated heterocycles. The van der Waals surface area contributed by atoms with Gasteiger partial charge in [0.25, 0.3) is 5.91 Å². The number of rotatable bonds is 12. The third-order valence-electron chi connectivity index (χ3n) is 6.25. The molecule has 3 N–H and O–H groups in total. The van der Waals surface area contributed by atoms with Gasteiger partial charge in [-0.15, -0.1) is 0 Å². The number of hydrogen-bond donors (Lipinski definition) is 3. The average Bonchev–Trinajstić information content (AvgIpc) is 2.90. The monoisotopic (exact) mass is 568 g/mol. The van der Waals surface area contributed by atoms with Gasteiger partial charge in [-0.25, -0.2) is 17.9 Å². The predicted octanol–water partition coefficient (Wildman–Crippen LogP) is 4.86. The Labute approximate surface area is 235 Å². The highest BCUT2D eigenvalue weighted by atomic mass is 32.2. The van der Waals surface area contributed by atoms with Gasteiger partial charge in [-0.05, 0) is 68.5 Å². The molecule has 0 saturated carbocycles. The molecule has 0 aliphatic heterocycles. The predicted molar refractivity (Wildman–Crippen MR) is 154 cm³/mol. The van der Waals surface area contributed by atoms with Crippen molar-refractivity contribution in [3.8, 4) is 16.9 Å². The highest BCUT2D eigenvalue weighted by Gasteiger charge is 2.23. The second-order valence-corrected chi connectivity index (χ2v) is 12.2. The summed E-state index contributed by atoms with van der Waals surface area (Å²) in [6, 6.07) is 21.4. The Kier molecular flexibility index (Phi) is 10.3. The number of hydrogen-bond acceptors (Lipinski definition) is 6. The van der Waals surface area contributed by atoms with Crippen LogP contribution in [0.4, 0.5) is 4.79 Å². The molecule has 0 unspecified atom stereocenters. The molecule has 0 bridgehead atoms. The summed E-state index contributed by atoms with van der Waals surface area (Å²) in [5.41, 5.74) is 3.30. The van der Waals surface area contributed by atoms with Crippen LogP contribution in [-0.4, -0.2) is 60.0 Å². The SMILES string of the molecule is CC(C)Oc1cc(-c2ccc(CCN(C[C@H](O)c3ccccc3)C(=O)O)cc2)ccc1C(=O)NS(=O)(=O)C(C)C. The largest absolute Gasteiger partial charge is 0.490 e. The molecule has 3 rings (SSSR count). The number of sulfonamides is 1. The Hall–Kier alpha value is -3.89. The zero-order valence-corrected chi connectivity index (χ0v) is 23.9. The van der Waals surface area contributed by atoms with E-state index in [0.717, 1.165) is 16.7 Å². The minimum atomic E-state index is -3.81. The first-order valence-corrected chi connectivity index (χ1v) is 14.6. The van der Waals surface area contributed by atoms with Gasteiger partial charge in [-0.1, -0.05) is 60.7 Å². The van der Waals surface area contributed by atoms with Gasteiger partial charge in [0.05, 0.1) is 29.6 Å². The van der Waals surface area contributed by atoms with Crippen molar-refractivity contribution in [3.05, 3.63) is 89.5 Å². The lowest BCUT2D eigenvalue weighted by atomic mass is 10.0. The topological polar surface area (TPSA) is 133 Å². The van der Waals surface area contributed by atoms with Gasteiger partial charge in [-0.2, -0.15) is 0 Å². The van der Waals surface area contributed by atoms with Crippen molar-refractivity contribution in [2.75, 3.05) is 13.1 Å². The molecule has 40 heavy (non-hydrogen) atoms. The van der Waals surface area contributed by atoms with Crippen LogP contribution in [0.2, 0.25) is 0 Å². The van der Waals surface area contributed by atoms with Crippen LogP contribution in [0.3, 0.4) is 0 Å². The first kappa shape index (κ1) is 30.6. The zero-order chi connectivity index (χ0) is 29.4. The van der Waals surface area contributed by atoms with Crippen molar-refractivity contribution in [1.82, 2.24) is 9.62 Å². The number of aliphatic hydroxyl groups is 1. The third-order valence-corrected chi connectivity index (χ3v) is 7.96. The molecule has 0 fully saturated rings. The summed E-state index contributed by atoms with van der Waals surface area (Å²) >= 11 is 0. The van der Waals surface area contributed by atoms with E-state index in [-0.39, 0.29) is 30.5 Å². The molecule has 0 heterocycles. The van der Waals surface area contributed by atoms with E-state index >= 15 is 0 Å². The number of carboxylic acid groups (broad SMARTS) is 1. The number of amides is 2. The van der Waals surface area contributed by atoms with Gasteiger partial charge in [0, 0.05) is 6.54 Å². The van der Waals surface area contributed by atoms with Gasteiger partial charge in [-0.3, -0.25) is 4.79 Å². The molecule has 0 aliphatic carbocycles. The van der Waals surface area contributed by atoms with E-state index in [1.54, 1.807) is 36.4 Å². The van der Waals surface area contributed by atoms with Gasteiger partial charge in [0.1, 0.15) is 5.75 Å². The molecular weight excluding hydrogens is 532 g/mol. The van der Waals surface area contributed by atoms with Crippen LogP contribution in [0.15, 0.2) is 72.8 Å². The van der Waals surface area contributed by atoms with E-state index in [4.69, 9.17) is 4.74 Å². The van der Waals surface area contributed by atoms with E-state index in [1.165, 1.54) is 24.8 Å². The lowest BCUT2D eigenvalue weighted by Gasteiger charge is -2.22. The molecule has 0 aliphatic rings. The highest BCUT2D eigenvalue weighted by molar-refractivity contribution is 7.90. The van der Waals surface area contributed by atoms with Crippen LogP contribution in [-0.2, 0) is 16.4 Å². The number of carbonyl (C=O) groups is 2. The maximum absolute atomic E-state index is 12.8. The molecule has 10 heteroatoms. The quantitative estimate of drug-likeness (QED) is 0.284. The molecular formula is C30H36N2O7S. The van der Waals surface area contributed by atoms with Crippen LogP contribution in [0, 0.1) is 0 Å². The van der Waals surface area contributed by atoms with Crippen molar-refractivity contribution >= 4 is 22.0 Å². The fraction of sp³-hybridized carbons (Fsp3) is 0.333.